The maximum absolute atomic E-state index is 9.58. The lowest BCUT2D eigenvalue weighted by Crippen LogP contribution is -2.30. The molecule has 3 N–H and O–H groups in total. The molecule has 0 saturated heterocycles. The maximum Gasteiger partial charge on any atom is 0.141 e. The van der Waals surface area contributed by atoms with Crippen LogP contribution >= 0.6 is 0 Å². The van der Waals surface area contributed by atoms with Gasteiger partial charge in [0, 0.05) is 0 Å². The maximum atomic E-state index is 9.58. The van der Waals surface area contributed by atoms with E-state index in [4.69, 9.17) is 10.3 Å². The van der Waals surface area contributed by atoms with E-state index < -0.39 is 6.04 Å². The summed E-state index contributed by atoms with van der Waals surface area (Å²) in [6.07, 6.45) is 0.417. The molecule has 4 heteroatoms. The van der Waals surface area contributed by atoms with E-state index in [2.05, 4.69) is 0 Å². The van der Waals surface area contributed by atoms with Crippen LogP contribution in [0.1, 0.15) is 0 Å². The largest absolute Gasteiger partial charge is 0.394 e. The zero-order valence-corrected chi connectivity index (χ0v) is 3.66. The van der Waals surface area contributed by atoms with Crippen molar-refractivity contribution in [3.63, 3.8) is 0 Å². The van der Waals surface area contributed by atoms with E-state index in [0.29, 0.717) is 6.29 Å². The minimum absolute atomic E-state index is 0.375. The number of carbonyl (C=O) groups is 1. The van der Waals surface area contributed by atoms with E-state index in [1.54, 1.807) is 5.48 Å². The highest BCUT2D eigenvalue weighted by atomic mass is 16.5. The zero-order valence-electron chi connectivity index (χ0n) is 3.66. The number of hydrogen-bond acceptors (Lipinski definition) is 4. The van der Waals surface area contributed by atoms with E-state index in [0.717, 1.165) is 0 Å². The van der Waals surface area contributed by atoms with Crippen LogP contribution in [0.15, 0.2) is 0 Å². The van der Waals surface area contributed by atoms with Gasteiger partial charge in [-0.1, -0.05) is 0 Å². The molecule has 0 saturated carbocycles. The van der Waals surface area contributed by atoms with Gasteiger partial charge < -0.3 is 15.1 Å². The molecule has 0 rings (SSSR count). The summed E-state index contributed by atoms with van der Waals surface area (Å²) in [4.78, 5) is 9.58. The Balaban J connectivity index is 3.16. The molecular weight excluding hydrogens is 98.0 g/mol. The molecule has 42 valence electrons. The van der Waals surface area contributed by atoms with Crippen molar-refractivity contribution in [1.82, 2.24) is 5.48 Å². The van der Waals surface area contributed by atoms with Crippen molar-refractivity contribution >= 4 is 6.29 Å². The molecule has 0 aliphatic rings. The molecule has 0 heterocycles. The first-order valence-electron chi connectivity index (χ1n) is 1.81. The van der Waals surface area contributed by atoms with Crippen LogP contribution in [-0.2, 0) is 4.79 Å². The van der Waals surface area contributed by atoms with E-state index >= 15 is 0 Å². The normalized spacial score (nSPS) is 13.4. The van der Waals surface area contributed by atoms with Crippen LogP contribution < -0.4 is 5.48 Å². The first-order valence-corrected chi connectivity index (χ1v) is 1.81. The predicted molar refractivity (Wildman–Crippen MR) is 21.9 cm³/mol. The smallest absolute Gasteiger partial charge is 0.141 e. The van der Waals surface area contributed by atoms with Crippen molar-refractivity contribution in [3.8, 4) is 0 Å². The van der Waals surface area contributed by atoms with Gasteiger partial charge in [-0.3, -0.25) is 0 Å². The van der Waals surface area contributed by atoms with Gasteiger partial charge in [-0.15, -0.1) is 0 Å². The SMILES string of the molecule is O=CC(CO)NO. The highest BCUT2D eigenvalue weighted by Gasteiger charge is 1.98. The van der Waals surface area contributed by atoms with Gasteiger partial charge >= 0.3 is 0 Å². The Bertz CT molecular complexity index is 52.1. The molecule has 7 heavy (non-hydrogen) atoms. The molecule has 0 amide bonds. The molecule has 0 aliphatic heterocycles. The van der Waals surface area contributed by atoms with Crippen LogP contribution in [0, 0.1) is 0 Å². The molecule has 1 unspecified atom stereocenters. The minimum Gasteiger partial charge on any atom is -0.394 e. The molecule has 1 atom stereocenters. The number of carbonyl (C=O) groups excluding carboxylic acids is 1. The Labute approximate surface area is 40.7 Å². The van der Waals surface area contributed by atoms with E-state index in [9.17, 15) is 4.79 Å². The van der Waals surface area contributed by atoms with Crippen LogP contribution in [0.2, 0.25) is 0 Å². The second kappa shape index (κ2) is 3.73. The third-order valence-electron chi connectivity index (χ3n) is 0.527. The Morgan fingerprint density at radius 1 is 1.86 bits per heavy atom. The van der Waals surface area contributed by atoms with Gasteiger partial charge in [-0.25, -0.2) is 0 Å². The molecule has 0 radical (unpaired) electrons. The van der Waals surface area contributed by atoms with Crippen LogP contribution in [0.25, 0.3) is 0 Å². The fourth-order valence-corrected chi connectivity index (χ4v) is 0.114. The van der Waals surface area contributed by atoms with Crippen LogP contribution in [0.4, 0.5) is 0 Å². The van der Waals surface area contributed by atoms with Crippen molar-refractivity contribution in [2.45, 2.75) is 6.04 Å². The van der Waals surface area contributed by atoms with Crippen LogP contribution in [0.3, 0.4) is 0 Å². The van der Waals surface area contributed by atoms with Crippen LogP contribution in [-0.4, -0.2) is 29.2 Å². The fraction of sp³-hybridized carbons (Fsp3) is 0.667. The Hall–Kier alpha value is -0.450. The first-order chi connectivity index (χ1) is 3.35. The minimum atomic E-state index is -0.833. The monoisotopic (exact) mass is 105 g/mol. The summed E-state index contributed by atoms with van der Waals surface area (Å²) in [6, 6.07) is -0.833. The summed E-state index contributed by atoms with van der Waals surface area (Å²) in [5.74, 6) is 0. The van der Waals surface area contributed by atoms with Gasteiger partial charge in [0.2, 0.25) is 0 Å². The lowest BCUT2D eigenvalue weighted by Gasteiger charge is -1.98. The topological polar surface area (TPSA) is 69.6 Å². The van der Waals surface area contributed by atoms with E-state index in [1.807, 2.05) is 0 Å². The first kappa shape index (κ1) is 6.55. The molecule has 0 fully saturated rings. The molecule has 0 bridgehead atoms. The lowest BCUT2D eigenvalue weighted by atomic mass is 10.4. The highest BCUT2D eigenvalue weighted by Crippen LogP contribution is 1.67. The van der Waals surface area contributed by atoms with Crippen molar-refractivity contribution in [2.75, 3.05) is 6.61 Å². The second-order valence-corrected chi connectivity index (χ2v) is 1.05. The molecule has 4 nitrogen and oxygen atoms in total. The molecule has 0 aromatic rings. The molecular formula is C3H7NO3. The summed E-state index contributed by atoms with van der Waals surface area (Å²) in [6.45, 7) is -0.375. The number of aliphatic hydroxyl groups excluding tert-OH is 1. The predicted octanol–water partition coefficient (Wildman–Crippen LogP) is -1.47. The highest BCUT2D eigenvalue weighted by molar-refractivity contribution is 5.57. The molecule has 0 aliphatic carbocycles. The van der Waals surface area contributed by atoms with Gasteiger partial charge in [0.05, 0.1) is 6.61 Å². The summed E-state index contributed by atoms with van der Waals surface area (Å²) in [5, 5.41) is 16.0. The molecule has 0 spiro atoms. The summed E-state index contributed by atoms with van der Waals surface area (Å²) in [7, 11) is 0. The Morgan fingerprint density at radius 3 is 2.43 bits per heavy atom. The number of hydroxylamine groups is 1. The van der Waals surface area contributed by atoms with Gasteiger partial charge in [0.25, 0.3) is 0 Å². The number of aliphatic hydroxyl groups is 1. The molecule has 0 aromatic carbocycles. The average molecular weight is 105 g/mol. The summed E-state index contributed by atoms with van der Waals surface area (Å²) in [5.41, 5.74) is 1.58. The van der Waals surface area contributed by atoms with Crippen molar-refractivity contribution in [1.29, 1.82) is 0 Å². The number of aldehydes is 1. The second-order valence-electron chi connectivity index (χ2n) is 1.05. The van der Waals surface area contributed by atoms with Crippen LogP contribution in [0.5, 0.6) is 0 Å². The van der Waals surface area contributed by atoms with Gasteiger partial charge in [0.1, 0.15) is 12.3 Å². The van der Waals surface area contributed by atoms with Crippen molar-refractivity contribution in [3.05, 3.63) is 0 Å². The zero-order chi connectivity index (χ0) is 5.70. The van der Waals surface area contributed by atoms with E-state index in [-0.39, 0.29) is 6.61 Å². The lowest BCUT2D eigenvalue weighted by molar-refractivity contribution is -0.112. The van der Waals surface area contributed by atoms with Crippen molar-refractivity contribution in [2.24, 2.45) is 0 Å². The van der Waals surface area contributed by atoms with Crippen molar-refractivity contribution < 1.29 is 15.1 Å². The van der Waals surface area contributed by atoms with Gasteiger partial charge in [0.15, 0.2) is 0 Å². The summed E-state index contributed by atoms with van der Waals surface area (Å²) < 4.78 is 0. The van der Waals surface area contributed by atoms with Gasteiger partial charge in [-0.05, 0) is 0 Å². The Morgan fingerprint density at radius 2 is 2.43 bits per heavy atom. The number of rotatable bonds is 3. The standard InChI is InChI=1S/C3H7NO3/c5-1-3(2-6)4-7/h1,3-4,6-7H,2H2. The number of nitrogens with one attached hydrogen (secondary N) is 1. The average Bonchev–Trinajstić information content (AvgIpc) is 1.72. The van der Waals surface area contributed by atoms with Gasteiger partial charge in [-0.2, -0.15) is 5.48 Å². The fourth-order valence-electron chi connectivity index (χ4n) is 0.114. The number of hydrogen-bond donors (Lipinski definition) is 3. The van der Waals surface area contributed by atoms with E-state index in [1.165, 1.54) is 0 Å². The molecule has 0 aromatic heterocycles. The third kappa shape index (κ3) is 2.27. The summed E-state index contributed by atoms with van der Waals surface area (Å²) >= 11 is 0. The Kier molecular flexibility index (Phi) is 3.49. The quantitative estimate of drug-likeness (QED) is 0.302. The third-order valence-corrected chi connectivity index (χ3v) is 0.527.